The van der Waals surface area contributed by atoms with E-state index < -0.39 is 0 Å². The summed E-state index contributed by atoms with van der Waals surface area (Å²) in [6.45, 7) is 4.79. The molecule has 0 radical (unpaired) electrons. The summed E-state index contributed by atoms with van der Waals surface area (Å²) in [5.41, 5.74) is 0.845. The van der Waals surface area contributed by atoms with Crippen LogP contribution in [0.15, 0.2) is 29.4 Å². The minimum Gasteiger partial charge on any atom is -0.339 e. The van der Waals surface area contributed by atoms with E-state index in [1.165, 1.54) is 31.0 Å². The van der Waals surface area contributed by atoms with Crippen LogP contribution >= 0.6 is 23.4 Å². The van der Waals surface area contributed by atoms with Gasteiger partial charge in [-0.15, -0.1) is 10.2 Å². The minimum atomic E-state index is -0.200. The highest BCUT2D eigenvalue weighted by atomic mass is 35.5. The van der Waals surface area contributed by atoms with Gasteiger partial charge >= 0.3 is 0 Å². The smallest absolute Gasteiger partial charge is 0.236 e. The van der Waals surface area contributed by atoms with Crippen LogP contribution in [0.4, 0.5) is 0 Å². The lowest BCUT2D eigenvalue weighted by atomic mass is 9.94. The van der Waals surface area contributed by atoms with Crippen LogP contribution in [0.25, 0.3) is 11.4 Å². The lowest BCUT2D eigenvalue weighted by Crippen LogP contribution is -2.44. The Balaban J connectivity index is 1.73. The van der Waals surface area contributed by atoms with Gasteiger partial charge in [0.05, 0.1) is 10.3 Å². The third-order valence-electron chi connectivity index (χ3n) is 5.22. The number of amides is 1. The highest BCUT2D eigenvalue weighted by molar-refractivity contribution is 8.00. The number of hydrogen-bond acceptors (Lipinski definition) is 4. The average Bonchev–Trinajstić information content (AvgIpc) is 3.04. The molecule has 1 fully saturated rings. The normalized spacial score (nSPS) is 16.3. The fourth-order valence-electron chi connectivity index (χ4n) is 3.72. The molecule has 1 amide bonds. The summed E-state index contributed by atoms with van der Waals surface area (Å²) in [7, 11) is 1.91. The molecule has 27 heavy (non-hydrogen) atoms. The van der Waals surface area contributed by atoms with Crippen LogP contribution in [0, 0.1) is 0 Å². The highest BCUT2D eigenvalue weighted by Crippen LogP contribution is 2.31. The molecule has 0 bridgehead atoms. The van der Waals surface area contributed by atoms with Gasteiger partial charge in [-0.1, -0.05) is 54.8 Å². The Morgan fingerprint density at radius 1 is 1.30 bits per heavy atom. The van der Waals surface area contributed by atoms with Gasteiger partial charge in [0.25, 0.3) is 0 Å². The maximum Gasteiger partial charge on any atom is 0.236 e. The van der Waals surface area contributed by atoms with Crippen molar-refractivity contribution in [3.05, 3.63) is 29.3 Å². The van der Waals surface area contributed by atoms with Crippen LogP contribution in [0.1, 0.15) is 46.0 Å². The lowest BCUT2D eigenvalue weighted by molar-refractivity contribution is -0.133. The maximum absolute atomic E-state index is 13.0. The summed E-state index contributed by atoms with van der Waals surface area (Å²) >= 11 is 7.76. The molecule has 1 aliphatic rings. The first kappa shape index (κ1) is 20.2. The van der Waals surface area contributed by atoms with Crippen LogP contribution in [-0.4, -0.2) is 43.4 Å². The molecule has 1 saturated carbocycles. The van der Waals surface area contributed by atoms with E-state index in [2.05, 4.69) is 22.0 Å². The molecule has 2 aromatic rings. The molecule has 0 spiro atoms. The van der Waals surface area contributed by atoms with E-state index in [-0.39, 0.29) is 11.2 Å². The lowest BCUT2D eigenvalue weighted by Gasteiger charge is -2.35. The number of carbonyl (C=O) groups excluding carboxylic acids is 1. The summed E-state index contributed by atoms with van der Waals surface area (Å²) in [6.07, 6.45) is 5.98. The first-order valence-electron chi connectivity index (χ1n) is 9.64. The van der Waals surface area contributed by atoms with E-state index >= 15 is 0 Å². The molecular formula is C20H27ClN4OS. The molecule has 0 saturated heterocycles. The van der Waals surface area contributed by atoms with Gasteiger partial charge in [-0.2, -0.15) is 0 Å². The Kier molecular flexibility index (Phi) is 6.82. The standard InChI is InChI=1S/C20H27ClN4OS/c1-4-25(15-10-6-5-7-11-15)19(26)14(2)27-20-23-22-18(24(20)3)16-12-8-9-13-17(16)21/h8-9,12-15H,4-7,10-11H2,1-3H3/t14-/m1/s1. The van der Waals surface area contributed by atoms with Gasteiger partial charge in [-0.25, -0.2) is 0 Å². The zero-order valence-electron chi connectivity index (χ0n) is 16.2. The summed E-state index contributed by atoms with van der Waals surface area (Å²) in [6, 6.07) is 7.98. The van der Waals surface area contributed by atoms with Gasteiger partial charge in [0, 0.05) is 25.2 Å². The Morgan fingerprint density at radius 3 is 2.67 bits per heavy atom. The fourth-order valence-corrected chi connectivity index (χ4v) is 4.83. The van der Waals surface area contributed by atoms with Crippen LogP contribution in [0.5, 0.6) is 0 Å². The fraction of sp³-hybridized carbons (Fsp3) is 0.550. The largest absolute Gasteiger partial charge is 0.339 e. The number of halogens is 1. The topological polar surface area (TPSA) is 51.0 Å². The van der Waals surface area contributed by atoms with Gasteiger partial charge < -0.3 is 9.47 Å². The third kappa shape index (κ3) is 4.49. The Hall–Kier alpha value is -1.53. The second-order valence-electron chi connectivity index (χ2n) is 7.02. The first-order chi connectivity index (χ1) is 13.0. The predicted molar refractivity (Wildman–Crippen MR) is 111 cm³/mol. The Morgan fingerprint density at radius 2 is 2.00 bits per heavy atom. The van der Waals surface area contributed by atoms with Crippen molar-refractivity contribution in [2.45, 2.75) is 62.4 Å². The van der Waals surface area contributed by atoms with Gasteiger partial charge in [-0.05, 0) is 38.8 Å². The summed E-state index contributed by atoms with van der Waals surface area (Å²) in [4.78, 5) is 15.1. The molecule has 0 aliphatic heterocycles. The molecule has 1 heterocycles. The van der Waals surface area contributed by atoms with E-state index in [4.69, 9.17) is 11.6 Å². The summed E-state index contributed by atoms with van der Waals surface area (Å²) in [5.74, 6) is 0.902. The van der Waals surface area contributed by atoms with E-state index in [0.717, 1.165) is 30.1 Å². The molecule has 0 N–H and O–H groups in total. The maximum atomic E-state index is 13.0. The van der Waals surface area contributed by atoms with E-state index in [0.29, 0.717) is 16.9 Å². The van der Waals surface area contributed by atoms with E-state index in [1.54, 1.807) is 0 Å². The Labute approximate surface area is 170 Å². The molecular weight excluding hydrogens is 380 g/mol. The number of aromatic nitrogens is 3. The number of rotatable bonds is 6. The summed E-state index contributed by atoms with van der Waals surface area (Å²) < 4.78 is 1.91. The molecule has 0 unspecified atom stereocenters. The minimum absolute atomic E-state index is 0.191. The molecule has 7 heteroatoms. The molecule has 1 aromatic heterocycles. The van der Waals surface area contributed by atoms with Gasteiger partial charge in [0.2, 0.25) is 5.91 Å². The van der Waals surface area contributed by atoms with E-state index in [1.807, 2.05) is 42.8 Å². The van der Waals surface area contributed by atoms with Crippen LogP contribution in [0.3, 0.4) is 0 Å². The highest BCUT2D eigenvalue weighted by Gasteiger charge is 2.29. The zero-order chi connectivity index (χ0) is 19.4. The number of carbonyl (C=O) groups is 1. The average molecular weight is 407 g/mol. The SMILES string of the molecule is CCN(C(=O)[C@@H](C)Sc1nnc(-c2ccccc2Cl)n1C)C1CCCCC1. The number of hydrogen-bond donors (Lipinski definition) is 0. The second kappa shape index (κ2) is 9.11. The van der Waals surface area contributed by atoms with Gasteiger partial charge in [-0.3, -0.25) is 4.79 Å². The number of nitrogens with zero attached hydrogens (tertiary/aromatic N) is 4. The van der Waals surface area contributed by atoms with Crippen molar-refractivity contribution in [1.29, 1.82) is 0 Å². The van der Waals surface area contributed by atoms with Crippen molar-refractivity contribution in [1.82, 2.24) is 19.7 Å². The van der Waals surface area contributed by atoms with Crippen molar-refractivity contribution in [3.63, 3.8) is 0 Å². The second-order valence-corrected chi connectivity index (χ2v) is 8.74. The predicted octanol–water partition coefficient (Wildman–Crippen LogP) is 4.80. The molecule has 146 valence electrons. The van der Waals surface area contributed by atoms with Gasteiger partial charge in [0.1, 0.15) is 0 Å². The molecule has 5 nitrogen and oxygen atoms in total. The van der Waals surface area contributed by atoms with Crippen LogP contribution < -0.4 is 0 Å². The molecule has 1 aliphatic carbocycles. The van der Waals surface area contributed by atoms with Crippen molar-refractivity contribution >= 4 is 29.3 Å². The Bertz CT molecular complexity index is 788. The van der Waals surface area contributed by atoms with Crippen molar-refractivity contribution in [3.8, 4) is 11.4 Å². The van der Waals surface area contributed by atoms with Gasteiger partial charge in [0.15, 0.2) is 11.0 Å². The monoisotopic (exact) mass is 406 g/mol. The van der Waals surface area contributed by atoms with Crippen LogP contribution in [-0.2, 0) is 11.8 Å². The quantitative estimate of drug-likeness (QED) is 0.646. The number of benzene rings is 1. The van der Waals surface area contributed by atoms with Crippen LogP contribution in [0.2, 0.25) is 5.02 Å². The zero-order valence-corrected chi connectivity index (χ0v) is 17.8. The molecule has 3 rings (SSSR count). The molecule has 1 aromatic carbocycles. The first-order valence-corrected chi connectivity index (χ1v) is 10.9. The third-order valence-corrected chi connectivity index (χ3v) is 6.67. The van der Waals surface area contributed by atoms with Crippen molar-refractivity contribution in [2.75, 3.05) is 6.54 Å². The number of thioether (sulfide) groups is 1. The summed E-state index contributed by atoms with van der Waals surface area (Å²) in [5, 5.41) is 9.77. The molecule has 1 atom stereocenters. The van der Waals surface area contributed by atoms with Crippen molar-refractivity contribution in [2.24, 2.45) is 7.05 Å². The van der Waals surface area contributed by atoms with Crippen molar-refractivity contribution < 1.29 is 4.79 Å². The van der Waals surface area contributed by atoms with E-state index in [9.17, 15) is 4.79 Å².